The first-order chi connectivity index (χ1) is 11.1. The van der Waals surface area contributed by atoms with Crippen LogP contribution in [0.1, 0.15) is 17.0 Å². The Hall–Kier alpha value is -2.76. The summed E-state index contributed by atoms with van der Waals surface area (Å²) in [6.45, 7) is 0.298. The minimum Gasteiger partial charge on any atom is -0.504 e. The molecule has 1 aliphatic heterocycles. The molecule has 23 heavy (non-hydrogen) atoms. The van der Waals surface area contributed by atoms with Crippen molar-refractivity contribution in [3.8, 4) is 34.5 Å². The minimum atomic E-state index is -0.245. The molecule has 0 amide bonds. The average Bonchev–Trinajstić information content (AvgIpc) is 2.57. The molecule has 0 spiro atoms. The van der Waals surface area contributed by atoms with Crippen molar-refractivity contribution in [2.75, 3.05) is 20.8 Å². The van der Waals surface area contributed by atoms with Gasteiger partial charge in [0, 0.05) is 11.5 Å². The molecule has 0 aromatic heterocycles. The lowest BCUT2D eigenvalue weighted by Crippen LogP contribution is -2.20. The lowest BCUT2D eigenvalue weighted by atomic mass is 9.89. The summed E-state index contributed by atoms with van der Waals surface area (Å²) in [6.07, 6.45) is 0.589. The third-order valence-electron chi connectivity index (χ3n) is 4.08. The zero-order valence-electron chi connectivity index (χ0n) is 12.9. The number of ether oxygens (including phenoxy) is 3. The van der Waals surface area contributed by atoms with E-state index in [1.165, 1.54) is 20.3 Å². The predicted octanol–water partition coefficient (Wildman–Crippen LogP) is 2.54. The largest absolute Gasteiger partial charge is 0.504 e. The monoisotopic (exact) mass is 318 g/mol. The minimum absolute atomic E-state index is 0.0492. The maximum absolute atomic E-state index is 10.2. The van der Waals surface area contributed by atoms with Crippen molar-refractivity contribution < 1.29 is 29.5 Å². The van der Waals surface area contributed by atoms with Crippen molar-refractivity contribution >= 4 is 0 Å². The van der Waals surface area contributed by atoms with Crippen molar-refractivity contribution in [2.24, 2.45) is 0 Å². The molecule has 3 N–H and O–H groups in total. The van der Waals surface area contributed by atoms with Crippen LogP contribution in [-0.4, -0.2) is 36.1 Å². The number of phenols is 3. The normalized spacial score (nSPS) is 16.3. The van der Waals surface area contributed by atoms with Crippen LogP contribution >= 0.6 is 0 Å². The number of rotatable bonds is 3. The number of hydrogen-bond donors (Lipinski definition) is 3. The van der Waals surface area contributed by atoms with E-state index in [9.17, 15) is 15.3 Å². The molecule has 1 heterocycles. The van der Waals surface area contributed by atoms with Crippen molar-refractivity contribution in [3.63, 3.8) is 0 Å². The van der Waals surface area contributed by atoms with Gasteiger partial charge in [0.2, 0.25) is 11.5 Å². The van der Waals surface area contributed by atoms with Gasteiger partial charge in [-0.2, -0.15) is 0 Å². The number of aromatic hydroxyl groups is 3. The molecule has 3 rings (SSSR count). The Kier molecular flexibility index (Phi) is 3.82. The van der Waals surface area contributed by atoms with Crippen LogP contribution in [0.5, 0.6) is 34.5 Å². The molecule has 6 heteroatoms. The van der Waals surface area contributed by atoms with Crippen LogP contribution < -0.4 is 14.2 Å². The van der Waals surface area contributed by atoms with Gasteiger partial charge in [-0.1, -0.05) is 12.1 Å². The van der Waals surface area contributed by atoms with Gasteiger partial charge in [0.25, 0.3) is 0 Å². The van der Waals surface area contributed by atoms with Gasteiger partial charge < -0.3 is 29.5 Å². The highest BCUT2D eigenvalue weighted by Crippen LogP contribution is 2.47. The molecule has 122 valence electrons. The molecule has 1 aliphatic rings. The molecule has 0 aliphatic carbocycles. The summed E-state index contributed by atoms with van der Waals surface area (Å²) in [5.41, 5.74) is 1.58. The lowest BCUT2D eigenvalue weighted by molar-refractivity contribution is 0.242. The van der Waals surface area contributed by atoms with Crippen molar-refractivity contribution in [1.82, 2.24) is 0 Å². The first-order valence-electron chi connectivity index (χ1n) is 7.17. The Labute approximate surface area is 133 Å². The Balaban J connectivity index is 1.98. The summed E-state index contributed by atoms with van der Waals surface area (Å²) in [4.78, 5) is 0. The number of hydrogen-bond acceptors (Lipinski definition) is 6. The van der Waals surface area contributed by atoms with E-state index < -0.39 is 0 Å². The summed E-state index contributed by atoms with van der Waals surface area (Å²) in [6, 6.07) is 6.66. The van der Waals surface area contributed by atoms with Gasteiger partial charge in [-0.25, -0.2) is 0 Å². The van der Waals surface area contributed by atoms with Gasteiger partial charge in [-0.15, -0.1) is 0 Å². The predicted molar refractivity (Wildman–Crippen MR) is 82.9 cm³/mol. The Bertz CT molecular complexity index is 740. The molecule has 1 atom stereocenters. The standard InChI is InChI=1S/C17H18O6/c1-21-13-6-4-11(17(22-2)15(13)20)10-7-9-3-5-12(18)14(19)16(9)23-8-10/h3-6,10,18-20H,7-8H2,1-2H3/t10-/m0/s1. The van der Waals surface area contributed by atoms with Crippen LogP contribution in [0.15, 0.2) is 24.3 Å². The number of fused-ring (bicyclic) bond motifs is 1. The summed E-state index contributed by atoms with van der Waals surface area (Å²) in [7, 11) is 2.96. The summed E-state index contributed by atoms with van der Waals surface area (Å²) in [5, 5.41) is 29.6. The van der Waals surface area contributed by atoms with Crippen LogP contribution in [0.4, 0.5) is 0 Å². The van der Waals surface area contributed by atoms with Crippen molar-refractivity contribution in [1.29, 1.82) is 0 Å². The quantitative estimate of drug-likeness (QED) is 0.754. The molecule has 0 unspecified atom stereocenters. The van der Waals surface area contributed by atoms with Crippen LogP contribution in [0.25, 0.3) is 0 Å². The second kappa shape index (κ2) is 5.79. The van der Waals surface area contributed by atoms with Crippen LogP contribution in [0, 0.1) is 0 Å². The Morgan fingerprint density at radius 2 is 1.78 bits per heavy atom. The smallest absolute Gasteiger partial charge is 0.201 e. The van der Waals surface area contributed by atoms with E-state index in [1.54, 1.807) is 12.1 Å². The summed E-state index contributed by atoms with van der Waals surface area (Å²) in [5.74, 6) is 0.435. The van der Waals surface area contributed by atoms with Crippen LogP contribution in [0.2, 0.25) is 0 Å². The van der Waals surface area contributed by atoms with Gasteiger partial charge in [-0.05, 0) is 24.1 Å². The highest BCUT2D eigenvalue weighted by molar-refractivity contribution is 5.58. The second-order valence-corrected chi connectivity index (χ2v) is 5.37. The molecule has 0 saturated heterocycles. The maximum Gasteiger partial charge on any atom is 0.201 e. The van der Waals surface area contributed by atoms with E-state index in [1.807, 2.05) is 6.07 Å². The van der Waals surface area contributed by atoms with Gasteiger partial charge in [0.15, 0.2) is 23.0 Å². The zero-order chi connectivity index (χ0) is 16.6. The Morgan fingerprint density at radius 1 is 1.00 bits per heavy atom. The highest BCUT2D eigenvalue weighted by atomic mass is 16.5. The maximum atomic E-state index is 10.2. The van der Waals surface area contributed by atoms with Crippen molar-refractivity contribution in [2.45, 2.75) is 12.3 Å². The fraction of sp³-hybridized carbons (Fsp3) is 0.294. The summed E-state index contributed by atoms with van der Waals surface area (Å²) >= 11 is 0. The third-order valence-corrected chi connectivity index (χ3v) is 4.08. The fourth-order valence-corrected chi connectivity index (χ4v) is 2.90. The number of benzene rings is 2. The second-order valence-electron chi connectivity index (χ2n) is 5.37. The lowest BCUT2D eigenvalue weighted by Gasteiger charge is -2.27. The van der Waals surface area contributed by atoms with E-state index in [4.69, 9.17) is 14.2 Å². The molecule has 0 radical (unpaired) electrons. The van der Waals surface area contributed by atoms with Gasteiger partial charge in [0.05, 0.1) is 20.8 Å². The first kappa shape index (κ1) is 15.1. The SMILES string of the molecule is COc1ccc([C@@H]2COc3c(ccc(O)c3O)C2)c(OC)c1O. The molecule has 2 aromatic carbocycles. The van der Waals surface area contributed by atoms with Crippen LogP contribution in [0.3, 0.4) is 0 Å². The topological polar surface area (TPSA) is 88.4 Å². The average molecular weight is 318 g/mol. The molecular weight excluding hydrogens is 300 g/mol. The van der Waals surface area contributed by atoms with Crippen molar-refractivity contribution in [3.05, 3.63) is 35.4 Å². The van der Waals surface area contributed by atoms with Crippen LogP contribution in [-0.2, 0) is 6.42 Å². The highest BCUT2D eigenvalue weighted by Gasteiger charge is 2.28. The molecule has 0 saturated carbocycles. The molecule has 0 fully saturated rings. The van der Waals surface area contributed by atoms with E-state index >= 15 is 0 Å². The first-order valence-corrected chi connectivity index (χ1v) is 7.17. The molecule has 0 bridgehead atoms. The number of phenolic OH excluding ortho intramolecular Hbond substituents is 3. The van der Waals surface area contributed by atoms with Gasteiger partial charge in [-0.3, -0.25) is 0 Å². The molecular formula is C17H18O6. The fourth-order valence-electron chi connectivity index (χ4n) is 2.90. The molecule has 2 aromatic rings. The van der Waals surface area contributed by atoms with E-state index in [0.717, 1.165) is 11.1 Å². The van der Waals surface area contributed by atoms with Gasteiger partial charge in [0.1, 0.15) is 0 Å². The van der Waals surface area contributed by atoms with E-state index in [-0.39, 0.29) is 23.2 Å². The molecule has 6 nitrogen and oxygen atoms in total. The van der Waals surface area contributed by atoms with E-state index in [0.29, 0.717) is 30.3 Å². The van der Waals surface area contributed by atoms with Gasteiger partial charge >= 0.3 is 0 Å². The summed E-state index contributed by atoms with van der Waals surface area (Å²) < 4.78 is 16.0. The third kappa shape index (κ3) is 2.46. The zero-order valence-corrected chi connectivity index (χ0v) is 12.9. The Morgan fingerprint density at radius 3 is 2.48 bits per heavy atom. The number of methoxy groups -OCH3 is 2. The van der Waals surface area contributed by atoms with E-state index in [2.05, 4.69) is 0 Å².